The van der Waals surface area contributed by atoms with E-state index in [0.29, 0.717) is 5.69 Å². The zero-order valence-electron chi connectivity index (χ0n) is 9.79. The lowest BCUT2D eigenvalue weighted by Gasteiger charge is -2.29. The molecule has 2 rings (SSSR count). The van der Waals surface area contributed by atoms with Gasteiger partial charge in [-0.1, -0.05) is 12.1 Å². The van der Waals surface area contributed by atoms with Crippen LogP contribution in [0.4, 0.5) is 10.5 Å². The van der Waals surface area contributed by atoms with Crippen molar-refractivity contribution in [1.29, 1.82) is 0 Å². The summed E-state index contributed by atoms with van der Waals surface area (Å²) >= 11 is 0. The van der Waals surface area contributed by atoms with Crippen LogP contribution in [0.25, 0.3) is 0 Å². The molecule has 1 unspecified atom stereocenters. The first-order chi connectivity index (χ1) is 8.49. The van der Waals surface area contributed by atoms with Gasteiger partial charge < -0.3 is 5.73 Å². The standard InChI is InChI=1S/C12H12N3O3/c1-7-3-2-4-8(5-7)15-6-9(10(13)16)11(17)14-12(15)18/h2-5,9H,6H2,1H3,(H2,13,16). The molecule has 4 amide bonds. The fourth-order valence-corrected chi connectivity index (χ4v) is 1.79. The van der Waals surface area contributed by atoms with Crippen LogP contribution in [0.15, 0.2) is 24.3 Å². The zero-order chi connectivity index (χ0) is 13.3. The third-order valence-corrected chi connectivity index (χ3v) is 2.76. The van der Waals surface area contributed by atoms with Gasteiger partial charge in [-0.2, -0.15) is 5.32 Å². The molecular weight excluding hydrogens is 234 g/mol. The van der Waals surface area contributed by atoms with Crippen LogP contribution >= 0.6 is 0 Å². The lowest BCUT2D eigenvalue weighted by Crippen LogP contribution is -2.54. The summed E-state index contributed by atoms with van der Waals surface area (Å²) in [6, 6.07) is 6.50. The number of hydrogen-bond donors (Lipinski definition) is 1. The number of nitrogens with two attached hydrogens (primary N) is 1. The predicted molar refractivity (Wildman–Crippen MR) is 63.7 cm³/mol. The van der Waals surface area contributed by atoms with E-state index in [9.17, 15) is 14.4 Å². The highest BCUT2D eigenvalue weighted by molar-refractivity contribution is 6.12. The van der Waals surface area contributed by atoms with E-state index < -0.39 is 23.8 Å². The second-order valence-electron chi connectivity index (χ2n) is 4.14. The Morgan fingerprint density at radius 3 is 2.78 bits per heavy atom. The number of carbonyl (C=O) groups is 3. The lowest BCUT2D eigenvalue weighted by molar-refractivity contribution is -0.133. The summed E-state index contributed by atoms with van der Waals surface area (Å²) in [7, 11) is 0. The molecule has 1 atom stereocenters. The van der Waals surface area contributed by atoms with Gasteiger partial charge >= 0.3 is 6.03 Å². The summed E-state index contributed by atoms with van der Waals surface area (Å²) in [4.78, 5) is 35.4. The van der Waals surface area contributed by atoms with Crippen LogP contribution in [0.3, 0.4) is 0 Å². The fraction of sp³-hybridized carbons (Fsp3) is 0.250. The summed E-state index contributed by atoms with van der Waals surface area (Å²) in [5.41, 5.74) is 6.68. The highest BCUT2D eigenvalue weighted by Crippen LogP contribution is 2.20. The van der Waals surface area contributed by atoms with Crippen LogP contribution in [-0.2, 0) is 9.59 Å². The van der Waals surface area contributed by atoms with Gasteiger partial charge in [0.25, 0.3) is 5.91 Å². The number of urea groups is 1. The molecule has 1 aromatic rings. The van der Waals surface area contributed by atoms with Crippen molar-refractivity contribution in [2.45, 2.75) is 6.92 Å². The molecule has 0 spiro atoms. The number of anilines is 1. The van der Waals surface area contributed by atoms with Crippen LogP contribution in [0.1, 0.15) is 5.56 Å². The Morgan fingerprint density at radius 2 is 2.17 bits per heavy atom. The zero-order valence-corrected chi connectivity index (χ0v) is 9.79. The van der Waals surface area contributed by atoms with Crippen molar-refractivity contribution in [3.8, 4) is 0 Å². The summed E-state index contributed by atoms with van der Waals surface area (Å²) < 4.78 is 0. The van der Waals surface area contributed by atoms with Crippen molar-refractivity contribution in [3.63, 3.8) is 0 Å². The predicted octanol–water partition coefficient (Wildman–Crippen LogP) is 0.168. The van der Waals surface area contributed by atoms with Gasteiger partial charge in [0.05, 0.1) is 0 Å². The summed E-state index contributed by atoms with van der Waals surface area (Å²) in [5, 5.41) is 3.32. The number of benzene rings is 1. The average Bonchev–Trinajstić information content (AvgIpc) is 2.28. The van der Waals surface area contributed by atoms with Crippen LogP contribution in [-0.4, -0.2) is 24.4 Å². The molecule has 18 heavy (non-hydrogen) atoms. The number of primary amides is 1. The van der Waals surface area contributed by atoms with E-state index in [2.05, 4.69) is 5.32 Å². The highest BCUT2D eigenvalue weighted by atomic mass is 16.2. The Labute approximate surface area is 104 Å². The van der Waals surface area contributed by atoms with Crippen LogP contribution in [0.2, 0.25) is 0 Å². The minimum atomic E-state index is -1.07. The Bertz CT molecular complexity index is 527. The fourth-order valence-electron chi connectivity index (χ4n) is 1.79. The van der Waals surface area contributed by atoms with Crippen molar-refractivity contribution in [1.82, 2.24) is 5.32 Å². The SMILES string of the molecule is Cc1cccc(N2CC(C(N)=O)C(=O)[N]C2=O)c1. The van der Waals surface area contributed by atoms with E-state index >= 15 is 0 Å². The van der Waals surface area contributed by atoms with Gasteiger partial charge in [0.2, 0.25) is 5.91 Å². The molecule has 6 nitrogen and oxygen atoms in total. The monoisotopic (exact) mass is 246 g/mol. The Kier molecular flexibility index (Phi) is 3.01. The quantitative estimate of drug-likeness (QED) is 0.753. The van der Waals surface area contributed by atoms with E-state index in [4.69, 9.17) is 5.73 Å². The average molecular weight is 246 g/mol. The molecule has 0 aromatic heterocycles. The summed E-state index contributed by atoms with van der Waals surface area (Å²) in [6.07, 6.45) is 0. The first-order valence-electron chi connectivity index (χ1n) is 5.42. The molecular formula is C12H12N3O3. The van der Waals surface area contributed by atoms with Gasteiger partial charge in [-0.05, 0) is 24.6 Å². The lowest BCUT2D eigenvalue weighted by atomic mass is 10.0. The second kappa shape index (κ2) is 4.48. The van der Waals surface area contributed by atoms with E-state index in [1.54, 1.807) is 18.2 Å². The van der Waals surface area contributed by atoms with E-state index in [-0.39, 0.29) is 6.54 Å². The number of nitrogens with zero attached hydrogens (tertiary/aromatic N) is 2. The molecule has 1 aliphatic heterocycles. The first-order valence-corrected chi connectivity index (χ1v) is 5.42. The molecule has 2 N–H and O–H groups in total. The van der Waals surface area contributed by atoms with Gasteiger partial charge in [-0.3, -0.25) is 14.5 Å². The van der Waals surface area contributed by atoms with Gasteiger partial charge in [0, 0.05) is 12.2 Å². The third-order valence-electron chi connectivity index (χ3n) is 2.76. The van der Waals surface area contributed by atoms with Crippen molar-refractivity contribution in [3.05, 3.63) is 29.8 Å². The van der Waals surface area contributed by atoms with Gasteiger partial charge in [0.15, 0.2) is 0 Å². The van der Waals surface area contributed by atoms with Crippen molar-refractivity contribution >= 4 is 23.5 Å². The molecule has 1 aliphatic rings. The largest absolute Gasteiger partial charge is 0.369 e. The normalized spacial score (nSPS) is 19.6. The van der Waals surface area contributed by atoms with E-state index in [1.807, 2.05) is 13.0 Å². The number of rotatable bonds is 2. The molecule has 0 aliphatic carbocycles. The summed E-state index contributed by atoms with van der Waals surface area (Å²) in [5.74, 6) is -2.60. The Balaban J connectivity index is 2.30. The van der Waals surface area contributed by atoms with Gasteiger partial charge in [-0.25, -0.2) is 4.79 Å². The smallest absolute Gasteiger partial charge is 0.351 e. The van der Waals surface area contributed by atoms with Crippen molar-refractivity contribution in [2.75, 3.05) is 11.4 Å². The van der Waals surface area contributed by atoms with Crippen LogP contribution < -0.4 is 16.0 Å². The molecule has 93 valence electrons. The third kappa shape index (κ3) is 2.17. The van der Waals surface area contributed by atoms with Crippen LogP contribution in [0, 0.1) is 12.8 Å². The first kappa shape index (κ1) is 12.1. The minimum absolute atomic E-state index is 0.0556. The maximum atomic E-state index is 11.7. The summed E-state index contributed by atoms with van der Waals surface area (Å²) in [6.45, 7) is 1.83. The Hall–Kier alpha value is -2.37. The van der Waals surface area contributed by atoms with Gasteiger partial charge in [-0.15, -0.1) is 0 Å². The molecule has 1 saturated heterocycles. The number of amides is 4. The number of aryl methyl sites for hydroxylation is 1. The number of hydrogen-bond acceptors (Lipinski definition) is 3. The topological polar surface area (TPSA) is 94.6 Å². The van der Waals surface area contributed by atoms with E-state index in [0.717, 1.165) is 5.56 Å². The molecule has 6 heteroatoms. The maximum absolute atomic E-state index is 11.7. The molecule has 0 saturated carbocycles. The number of carbonyl (C=O) groups excluding carboxylic acids is 3. The molecule has 1 radical (unpaired) electrons. The van der Waals surface area contributed by atoms with Crippen LogP contribution in [0.5, 0.6) is 0 Å². The molecule has 1 fully saturated rings. The number of imide groups is 1. The van der Waals surface area contributed by atoms with Gasteiger partial charge in [0.1, 0.15) is 5.92 Å². The highest BCUT2D eigenvalue weighted by Gasteiger charge is 2.38. The van der Waals surface area contributed by atoms with E-state index in [1.165, 1.54) is 4.90 Å². The van der Waals surface area contributed by atoms with Crippen molar-refractivity contribution in [2.24, 2.45) is 11.7 Å². The maximum Gasteiger partial charge on any atom is 0.351 e. The molecule has 1 heterocycles. The minimum Gasteiger partial charge on any atom is -0.369 e. The second-order valence-corrected chi connectivity index (χ2v) is 4.14. The molecule has 0 bridgehead atoms. The van der Waals surface area contributed by atoms with Crippen molar-refractivity contribution < 1.29 is 14.4 Å². The Morgan fingerprint density at radius 1 is 1.44 bits per heavy atom. The molecule has 1 aromatic carbocycles.